The van der Waals surface area contributed by atoms with Gasteiger partial charge in [-0.25, -0.2) is 4.79 Å². The zero-order chi connectivity index (χ0) is 11.4. The first kappa shape index (κ1) is 11.6. The summed E-state index contributed by atoms with van der Waals surface area (Å²) in [6.45, 7) is 0.780. The molecule has 90 valence electrons. The monoisotopic (exact) mass is 225 g/mol. The van der Waals surface area contributed by atoms with Crippen molar-refractivity contribution in [3.05, 3.63) is 12.2 Å². The number of carbonyl (C=O) groups is 1. The normalized spacial score (nSPS) is 34.1. The second kappa shape index (κ2) is 5.46. The van der Waals surface area contributed by atoms with Crippen molar-refractivity contribution < 1.29 is 14.6 Å². The summed E-state index contributed by atoms with van der Waals surface area (Å²) in [5, 5.41) is 12.2. The minimum Gasteiger partial charge on any atom is -0.479 e. The molecule has 4 nitrogen and oxygen atoms in total. The van der Waals surface area contributed by atoms with E-state index in [1.807, 2.05) is 0 Å². The first-order valence-corrected chi connectivity index (χ1v) is 6.02. The Morgan fingerprint density at radius 2 is 2.25 bits per heavy atom. The molecule has 16 heavy (non-hydrogen) atoms. The molecule has 2 aliphatic rings. The Kier molecular flexibility index (Phi) is 3.96. The van der Waals surface area contributed by atoms with Crippen LogP contribution in [0.5, 0.6) is 0 Å². The molecule has 1 fully saturated rings. The molecule has 0 aromatic carbocycles. The van der Waals surface area contributed by atoms with Crippen molar-refractivity contribution in [1.82, 2.24) is 5.32 Å². The lowest BCUT2D eigenvalue weighted by Crippen LogP contribution is -2.36. The highest BCUT2D eigenvalue weighted by Gasteiger charge is 2.30. The summed E-state index contributed by atoms with van der Waals surface area (Å²) < 4.78 is 5.43. The van der Waals surface area contributed by atoms with Crippen molar-refractivity contribution in [2.45, 2.75) is 50.4 Å². The molecule has 0 radical (unpaired) electrons. The van der Waals surface area contributed by atoms with Crippen LogP contribution in [0.1, 0.15) is 32.1 Å². The first-order chi connectivity index (χ1) is 7.75. The summed E-state index contributed by atoms with van der Waals surface area (Å²) in [6.07, 6.45) is 8.80. The zero-order valence-corrected chi connectivity index (χ0v) is 9.39. The average Bonchev–Trinajstić information content (AvgIpc) is 2.76. The van der Waals surface area contributed by atoms with Gasteiger partial charge in [0.15, 0.2) is 6.10 Å². The summed E-state index contributed by atoms with van der Waals surface area (Å²) in [5.74, 6) is -0.830. The van der Waals surface area contributed by atoms with Gasteiger partial charge in [0, 0.05) is 12.6 Å². The number of nitrogens with one attached hydrogen (secondary N) is 1. The van der Waals surface area contributed by atoms with Gasteiger partial charge in [-0.3, -0.25) is 0 Å². The second-order valence-electron chi connectivity index (χ2n) is 4.55. The Bertz CT molecular complexity index is 277. The van der Waals surface area contributed by atoms with Gasteiger partial charge < -0.3 is 15.2 Å². The van der Waals surface area contributed by atoms with Crippen LogP contribution in [-0.4, -0.2) is 35.9 Å². The number of rotatable bonds is 4. The molecule has 3 unspecified atom stereocenters. The largest absolute Gasteiger partial charge is 0.479 e. The SMILES string of the molecule is O=C(O)C1CCC(CNC2CC=CCC2)O1. The summed E-state index contributed by atoms with van der Waals surface area (Å²) in [4.78, 5) is 10.7. The van der Waals surface area contributed by atoms with E-state index >= 15 is 0 Å². The fraction of sp³-hybridized carbons (Fsp3) is 0.750. The Labute approximate surface area is 95.7 Å². The molecule has 0 saturated carbocycles. The van der Waals surface area contributed by atoms with Crippen LogP contribution >= 0.6 is 0 Å². The number of hydrogen-bond donors (Lipinski definition) is 2. The predicted octanol–water partition coefficient (Wildman–Crippen LogP) is 1.32. The van der Waals surface area contributed by atoms with Crippen LogP contribution in [0.3, 0.4) is 0 Å². The van der Waals surface area contributed by atoms with Gasteiger partial charge in [-0.1, -0.05) is 12.2 Å². The van der Waals surface area contributed by atoms with Crippen LogP contribution in [0.15, 0.2) is 12.2 Å². The van der Waals surface area contributed by atoms with Gasteiger partial charge >= 0.3 is 5.97 Å². The molecular weight excluding hydrogens is 206 g/mol. The lowest BCUT2D eigenvalue weighted by molar-refractivity contribution is -0.149. The maximum absolute atomic E-state index is 10.7. The van der Waals surface area contributed by atoms with Crippen LogP contribution in [0.25, 0.3) is 0 Å². The van der Waals surface area contributed by atoms with E-state index in [1.54, 1.807) is 0 Å². The van der Waals surface area contributed by atoms with Crippen molar-refractivity contribution in [1.29, 1.82) is 0 Å². The third-order valence-electron chi connectivity index (χ3n) is 3.29. The van der Waals surface area contributed by atoms with E-state index in [0.29, 0.717) is 12.5 Å². The minimum absolute atomic E-state index is 0.0759. The molecule has 1 saturated heterocycles. The van der Waals surface area contributed by atoms with E-state index in [2.05, 4.69) is 17.5 Å². The summed E-state index contributed by atoms with van der Waals surface area (Å²) in [6, 6.07) is 0.539. The summed E-state index contributed by atoms with van der Waals surface area (Å²) in [5.41, 5.74) is 0. The lowest BCUT2D eigenvalue weighted by Gasteiger charge is -2.21. The molecule has 0 bridgehead atoms. The van der Waals surface area contributed by atoms with Gasteiger partial charge in [-0.15, -0.1) is 0 Å². The fourth-order valence-corrected chi connectivity index (χ4v) is 2.31. The fourth-order valence-electron chi connectivity index (χ4n) is 2.31. The van der Waals surface area contributed by atoms with Crippen LogP contribution in [0.4, 0.5) is 0 Å². The van der Waals surface area contributed by atoms with Gasteiger partial charge in [0.05, 0.1) is 6.10 Å². The summed E-state index contributed by atoms with van der Waals surface area (Å²) in [7, 11) is 0. The van der Waals surface area contributed by atoms with Gasteiger partial charge in [-0.2, -0.15) is 0 Å². The molecule has 1 aliphatic carbocycles. The number of aliphatic carboxylic acids is 1. The predicted molar refractivity (Wildman–Crippen MR) is 60.3 cm³/mol. The molecule has 1 aliphatic heterocycles. The van der Waals surface area contributed by atoms with Crippen LogP contribution < -0.4 is 5.32 Å². The molecular formula is C12H19NO3. The second-order valence-corrected chi connectivity index (χ2v) is 4.55. The minimum atomic E-state index is -0.830. The number of hydrogen-bond acceptors (Lipinski definition) is 3. The number of allylic oxidation sites excluding steroid dienone is 1. The van der Waals surface area contributed by atoms with E-state index in [4.69, 9.17) is 9.84 Å². The number of carboxylic acid groups (broad SMARTS) is 1. The Morgan fingerprint density at radius 3 is 2.88 bits per heavy atom. The summed E-state index contributed by atoms with van der Waals surface area (Å²) >= 11 is 0. The topological polar surface area (TPSA) is 58.6 Å². The molecule has 2 rings (SSSR count). The molecule has 1 heterocycles. The number of ether oxygens (including phenoxy) is 1. The molecule has 0 amide bonds. The highest BCUT2D eigenvalue weighted by molar-refractivity contribution is 5.72. The average molecular weight is 225 g/mol. The first-order valence-electron chi connectivity index (χ1n) is 6.02. The quantitative estimate of drug-likeness (QED) is 0.708. The highest BCUT2D eigenvalue weighted by Crippen LogP contribution is 2.20. The molecule has 0 spiro atoms. The standard InChI is InChI=1S/C12H19NO3/c14-12(15)11-7-6-10(16-11)8-13-9-4-2-1-3-5-9/h1-2,9-11,13H,3-8H2,(H,14,15). The van der Waals surface area contributed by atoms with E-state index in [1.165, 1.54) is 6.42 Å². The van der Waals surface area contributed by atoms with Crippen LogP contribution in [-0.2, 0) is 9.53 Å². The van der Waals surface area contributed by atoms with Crippen molar-refractivity contribution >= 4 is 5.97 Å². The van der Waals surface area contributed by atoms with Crippen molar-refractivity contribution in [2.75, 3.05) is 6.54 Å². The molecule has 0 aromatic rings. The van der Waals surface area contributed by atoms with Crippen molar-refractivity contribution in [3.8, 4) is 0 Å². The van der Waals surface area contributed by atoms with Gasteiger partial charge in [0.1, 0.15) is 0 Å². The Balaban J connectivity index is 1.67. The highest BCUT2D eigenvalue weighted by atomic mass is 16.5. The lowest BCUT2D eigenvalue weighted by atomic mass is 10.0. The van der Waals surface area contributed by atoms with Gasteiger partial charge in [-0.05, 0) is 32.1 Å². The molecule has 4 heteroatoms. The molecule has 0 aromatic heterocycles. The maximum Gasteiger partial charge on any atom is 0.332 e. The molecule has 2 N–H and O–H groups in total. The number of carboxylic acids is 1. The molecule has 3 atom stereocenters. The maximum atomic E-state index is 10.7. The van der Waals surface area contributed by atoms with E-state index in [0.717, 1.165) is 25.8 Å². The zero-order valence-electron chi connectivity index (χ0n) is 9.39. The van der Waals surface area contributed by atoms with Crippen molar-refractivity contribution in [3.63, 3.8) is 0 Å². The smallest absolute Gasteiger partial charge is 0.332 e. The van der Waals surface area contributed by atoms with Crippen molar-refractivity contribution in [2.24, 2.45) is 0 Å². The van der Waals surface area contributed by atoms with E-state index < -0.39 is 12.1 Å². The van der Waals surface area contributed by atoms with Crippen LogP contribution in [0.2, 0.25) is 0 Å². The van der Waals surface area contributed by atoms with E-state index in [9.17, 15) is 4.79 Å². The third-order valence-corrected chi connectivity index (χ3v) is 3.29. The van der Waals surface area contributed by atoms with Gasteiger partial charge in [0.25, 0.3) is 0 Å². The van der Waals surface area contributed by atoms with Crippen LogP contribution in [0, 0.1) is 0 Å². The Hall–Kier alpha value is -0.870. The third kappa shape index (κ3) is 3.06. The van der Waals surface area contributed by atoms with Gasteiger partial charge in [0.2, 0.25) is 0 Å². The van der Waals surface area contributed by atoms with E-state index in [-0.39, 0.29) is 6.10 Å². The Morgan fingerprint density at radius 1 is 1.38 bits per heavy atom.